The minimum Gasteiger partial charge on any atom is -0.338 e. The summed E-state index contributed by atoms with van der Waals surface area (Å²) in [6.45, 7) is 1.69. The molecule has 1 N–H and O–H groups in total. The van der Waals surface area contributed by atoms with Gasteiger partial charge in [0.25, 0.3) is 0 Å². The lowest BCUT2D eigenvalue weighted by molar-refractivity contribution is 0.372. The summed E-state index contributed by atoms with van der Waals surface area (Å²) in [5.74, 6) is 0.743. The lowest BCUT2D eigenvalue weighted by Gasteiger charge is -2.16. The minimum absolute atomic E-state index is 0.000256. The van der Waals surface area contributed by atoms with Crippen molar-refractivity contribution in [1.82, 2.24) is 14.9 Å². The maximum Gasteiger partial charge on any atom is 0.241 e. The van der Waals surface area contributed by atoms with Gasteiger partial charge in [0.2, 0.25) is 15.9 Å². The van der Waals surface area contributed by atoms with Crippen molar-refractivity contribution >= 4 is 10.0 Å². The molecule has 2 aromatic rings. The molecule has 0 saturated heterocycles. The van der Waals surface area contributed by atoms with E-state index in [0.717, 1.165) is 24.8 Å². The van der Waals surface area contributed by atoms with Crippen molar-refractivity contribution in [1.29, 1.82) is 0 Å². The van der Waals surface area contributed by atoms with E-state index >= 15 is 0 Å². The summed E-state index contributed by atoms with van der Waals surface area (Å²) in [7, 11) is -3.56. The Morgan fingerprint density at radius 1 is 1.24 bits per heavy atom. The zero-order chi connectivity index (χ0) is 14.9. The van der Waals surface area contributed by atoms with Crippen molar-refractivity contribution < 1.29 is 12.9 Å². The highest BCUT2D eigenvalue weighted by Crippen LogP contribution is 2.24. The SMILES string of the molecule is Cc1noc(CNS(=O)(=O)c2ccc3c(c2)CCCC3)n1. The summed E-state index contributed by atoms with van der Waals surface area (Å²) < 4.78 is 32.0. The van der Waals surface area contributed by atoms with Crippen LogP contribution in [0.25, 0.3) is 0 Å². The second kappa shape index (κ2) is 5.57. The normalized spacial score (nSPS) is 14.9. The maximum atomic E-state index is 12.3. The molecule has 0 aliphatic heterocycles. The average molecular weight is 307 g/mol. The average Bonchev–Trinajstić information content (AvgIpc) is 2.90. The van der Waals surface area contributed by atoms with Gasteiger partial charge >= 0.3 is 0 Å². The van der Waals surface area contributed by atoms with E-state index in [-0.39, 0.29) is 12.4 Å². The van der Waals surface area contributed by atoms with Crippen LogP contribution in [0.1, 0.15) is 35.7 Å². The summed E-state index contributed by atoms with van der Waals surface area (Å²) in [6.07, 6.45) is 4.27. The number of aromatic nitrogens is 2. The minimum atomic E-state index is -3.56. The van der Waals surface area contributed by atoms with E-state index in [1.165, 1.54) is 12.0 Å². The Bertz CT molecular complexity index is 753. The third-order valence-electron chi connectivity index (χ3n) is 3.61. The van der Waals surface area contributed by atoms with Crippen molar-refractivity contribution in [3.63, 3.8) is 0 Å². The zero-order valence-corrected chi connectivity index (χ0v) is 12.6. The first kappa shape index (κ1) is 14.2. The highest BCUT2D eigenvalue weighted by molar-refractivity contribution is 7.89. The third kappa shape index (κ3) is 3.14. The van der Waals surface area contributed by atoms with Crippen LogP contribution in [-0.2, 0) is 29.4 Å². The monoisotopic (exact) mass is 307 g/mol. The number of nitrogens with one attached hydrogen (secondary N) is 1. The van der Waals surface area contributed by atoms with Gasteiger partial charge in [-0.1, -0.05) is 11.2 Å². The molecule has 112 valence electrons. The first-order valence-corrected chi connectivity index (χ1v) is 8.43. The predicted molar refractivity (Wildman–Crippen MR) is 76.1 cm³/mol. The van der Waals surface area contributed by atoms with Crippen molar-refractivity contribution in [2.45, 2.75) is 44.0 Å². The summed E-state index contributed by atoms with van der Waals surface area (Å²) in [5.41, 5.74) is 2.39. The van der Waals surface area contributed by atoms with E-state index in [1.54, 1.807) is 19.1 Å². The van der Waals surface area contributed by atoms with Gasteiger partial charge in [-0.2, -0.15) is 4.98 Å². The van der Waals surface area contributed by atoms with Gasteiger partial charge in [-0.15, -0.1) is 0 Å². The molecule has 0 atom stereocenters. The van der Waals surface area contributed by atoms with Crippen LogP contribution in [0, 0.1) is 6.92 Å². The topological polar surface area (TPSA) is 85.1 Å². The Kier molecular flexibility index (Phi) is 3.77. The summed E-state index contributed by atoms with van der Waals surface area (Å²) >= 11 is 0. The summed E-state index contributed by atoms with van der Waals surface area (Å²) in [6, 6.07) is 5.35. The highest BCUT2D eigenvalue weighted by atomic mass is 32.2. The van der Waals surface area contributed by atoms with E-state index in [9.17, 15) is 8.42 Å². The molecule has 3 rings (SSSR count). The van der Waals surface area contributed by atoms with Crippen molar-refractivity contribution in [3.8, 4) is 0 Å². The lowest BCUT2D eigenvalue weighted by Crippen LogP contribution is -2.23. The number of benzene rings is 1. The van der Waals surface area contributed by atoms with Crippen LogP contribution in [0.4, 0.5) is 0 Å². The fraction of sp³-hybridized carbons (Fsp3) is 0.429. The van der Waals surface area contributed by atoms with Crippen LogP contribution in [0.3, 0.4) is 0 Å². The highest BCUT2D eigenvalue weighted by Gasteiger charge is 2.18. The molecule has 1 heterocycles. The molecule has 1 aromatic carbocycles. The van der Waals surface area contributed by atoms with Crippen LogP contribution in [0.2, 0.25) is 0 Å². The fourth-order valence-electron chi connectivity index (χ4n) is 2.53. The molecule has 0 fully saturated rings. The van der Waals surface area contributed by atoms with Gasteiger partial charge in [0.15, 0.2) is 5.82 Å². The van der Waals surface area contributed by atoms with Gasteiger partial charge in [-0.25, -0.2) is 13.1 Å². The van der Waals surface area contributed by atoms with Crippen molar-refractivity contribution in [2.75, 3.05) is 0 Å². The molecule has 0 unspecified atom stereocenters. The molecule has 0 radical (unpaired) electrons. The lowest BCUT2D eigenvalue weighted by atomic mass is 9.92. The summed E-state index contributed by atoms with van der Waals surface area (Å²) in [5, 5.41) is 3.63. The summed E-state index contributed by atoms with van der Waals surface area (Å²) in [4.78, 5) is 4.26. The predicted octanol–water partition coefficient (Wildman–Crippen LogP) is 1.74. The number of sulfonamides is 1. The van der Waals surface area contributed by atoms with Gasteiger partial charge in [0, 0.05) is 0 Å². The fourth-order valence-corrected chi connectivity index (χ4v) is 3.55. The zero-order valence-electron chi connectivity index (χ0n) is 11.8. The van der Waals surface area contributed by atoms with Gasteiger partial charge in [-0.3, -0.25) is 0 Å². The van der Waals surface area contributed by atoms with Crippen LogP contribution in [-0.4, -0.2) is 18.6 Å². The Morgan fingerprint density at radius 2 is 2.00 bits per heavy atom. The van der Waals surface area contributed by atoms with E-state index in [1.807, 2.05) is 6.07 Å². The van der Waals surface area contributed by atoms with E-state index in [0.29, 0.717) is 10.7 Å². The molecule has 6 nitrogen and oxygen atoms in total. The van der Waals surface area contributed by atoms with Crippen LogP contribution < -0.4 is 4.72 Å². The number of nitrogens with zero attached hydrogens (tertiary/aromatic N) is 2. The van der Waals surface area contributed by atoms with Crippen LogP contribution in [0.15, 0.2) is 27.6 Å². The van der Waals surface area contributed by atoms with Gasteiger partial charge in [0.05, 0.1) is 11.4 Å². The standard InChI is InChI=1S/C14H17N3O3S/c1-10-16-14(20-17-10)9-15-21(18,19)13-7-6-11-4-2-3-5-12(11)8-13/h6-8,15H,2-5,9H2,1H3. The second-order valence-corrected chi connectivity index (χ2v) is 6.96. The molecule has 21 heavy (non-hydrogen) atoms. The smallest absolute Gasteiger partial charge is 0.241 e. The first-order valence-electron chi connectivity index (χ1n) is 6.95. The van der Waals surface area contributed by atoms with E-state index in [2.05, 4.69) is 14.9 Å². The van der Waals surface area contributed by atoms with E-state index < -0.39 is 10.0 Å². The third-order valence-corrected chi connectivity index (χ3v) is 5.01. The van der Waals surface area contributed by atoms with Crippen molar-refractivity contribution in [3.05, 3.63) is 41.0 Å². The number of aryl methyl sites for hydroxylation is 3. The molecule has 0 bridgehead atoms. The first-order chi connectivity index (χ1) is 10.0. The second-order valence-electron chi connectivity index (χ2n) is 5.20. The number of rotatable bonds is 4. The van der Waals surface area contributed by atoms with E-state index in [4.69, 9.17) is 4.52 Å². The molecule has 7 heteroatoms. The van der Waals surface area contributed by atoms with Crippen LogP contribution in [0.5, 0.6) is 0 Å². The molecule has 0 spiro atoms. The van der Waals surface area contributed by atoms with Gasteiger partial charge in [-0.05, 0) is 55.9 Å². The molecule has 0 saturated carbocycles. The Balaban J connectivity index is 1.78. The Labute approximate surface area is 123 Å². The Morgan fingerprint density at radius 3 is 2.71 bits per heavy atom. The molecule has 1 aromatic heterocycles. The molecule has 0 amide bonds. The molecular formula is C14H17N3O3S. The quantitative estimate of drug-likeness (QED) is 0.930. The maximum absolute atomic E-state index is 12.3. The molecule has 1 aliphatic rings. The van der Waals surface area contributed by atoms with Gasteiger partial charge < -0.3 is 4.52 Å². The molecule has 1 aliphatic carbocycles. The number of fused-ring (bicyclic) bond motifs is 1. The number of hydrogen-bond acceptors (Lipinski definition) is 5. The molecular weight excluding hydrogens is 290 g/mol. The van der Waals surface area contributed by atoms with Gasteiger partial charge in [0.1, 0.15) is 0 Å². The van der Waals surface area contributed by atoms with Crippen LogP contribution >= 0.6 is 0 Å². The number of hydrogen-bond donors (Lipinski definition) is 1. The Hall–Kier alpha value is -1.73. The largest absolute Gasteiger partial charge is 0.338 e. The van der Waals surface area contributed by atoms with Crippen molar-refractivity contribution in [2.24, 2.45) is 0 Å².